The highest BCUT2D eigenvalue weighted by atomic mass is 31.2. The summed E-state index contributed by atoms with van der Waals surface area (Å²) in [5.74, 6) is 0. The number of phosphoric ester groups is 4. The molecule has 0 spiro atoms. The van der Waals surface area contributed by atoms with Crippen LogP contribution in [-0.2, 0) is 36.4 Å². The Hall–Kier alpha value is 0.200. The van der Waals surface area contributed by atoms with Crippen molar-refractivity contribution in [3.8, 4) is 0 Å². The van der Waals surface area contributed by atoms with E-state index in [9.17, 15) is 48.0 Å². The van der Waals surface area contributed by atoms with E-state index in [1.165, 1.54) is 0 Å². The van der Waals surface area contributed by atoms with Crippen molar-refractivity contribution < 1.29 is 85.7 Å². The van der Waals surface area contributed by atoms with Gasteiger partial charge < -0.3 is 82.6 Å². The molecule has 199 valence electrons. The monoisotopic (exact) mass is 567 g/mol. The van der Waals surface area contributed by atoms with Gasteiger partial charge in [-0.3, -0.25) is 23.1 Å². The zero-order valence-corrected chi connectivity index (χ0v) is 20.1. The highest BCUT2D eigenvalue weighted by Gasteiger charge is 2.57. The Bertz CT molecular complexity index is 622. The fourth-order valence-electron chi connectivity index (χ4n) is 2.26. The molecule has 0 amide bonds. The normalized spacial score (nSPS) is 34.9. The second-order valence-electron chi connectivity index (χ2n) is 5.14. The fraction of sp³-hybridized carbons (Fsp3) is 1.00. The van der Waals surface area contributed by atoms with Gasteiger partial charge in [-0.05, 0) is 0 Å². The molecule has 1 saturated carbocycles. The van der Waals surface area contributed by atoms with E-state index in [2.05, 4.69) is 18.1 Å². The van der Waals surface area contributed by atoms with Crippen molar-refractivity contribution in [3.63, 3.8) is 0 Å². The standard InChI is InChI=1S/C6H15O18P4.4H3N/c7-1-3(21-25(9,10)11)5(23-27(15,16)17)2(8)6(24-28(18,19)20)4(1)22-26(12,13)14;;;;/h1-8H,(H7-,9,10,11,12,13,14,15,16,17,18,19);4*1H3. The first-order valence-electron chi connectivity index (χ1n) is 6.45. The second-order valence-corrected chi connectivity index (χ2v) is 9.73. The first-order valence-corrected chi connectivity index (χ1v) is 12.4. The molecule has 0 aromatic rings. The number of phosphoric acid groups is 4. The summed E-state index contributed by atoms with van der Waals surface area (Å²) in [5, 5.41) is 20.0. The topological polar surface area (TPSA) is 466 Å². The van der Waals surface area contributed by atoms with Crippen LogP contribution in [0.2, 0.25) is 0 Å². The van der Waals surface area contributed by atoms with Crippen LogP contribution in [0.3, 0.4) is 0 Å². The molecule has 32 heavy (non-hydrogen) atoms. The largest absolute Gasteiger partial charge is 0.756 e. The first-order chi connectivity index (χ1) is 12.2. The van der Waals surface area contributed by atoms with Crippen molar-refractivity contribution in [2.45, 2.75) is 36.6 Å². The molecule has 26 heteroatoms. The fourth-order valence-corrected chi connectivity index (χ4v) is 4.47. The van der Waals surface area contributed by atoms with Crippen molar-refractivity contribution >= 4 is 31.3 Å². The molecule has 0 heterocycles. The van der Waals surface area contributed by atoms with E-state index >= 15 is 0 Å². The molecule has 1 rings (SSSR count). The quantitative estimate of drug-likeness (QED) is 0.0973. The Balaban J connectivity index is -0.000000980. The number of hydrogen-bond acceptors (Lipinski definition) is 15. The Morgan fingerprint density at radius 1 is 0.594 bits per heavy atom. The van der Waals surface area contributed by atoms with Crippen LogP contribution in [0.4, 0.5) is 0 Å². The van der Waals surface area contributed by atoms with Crippen molar-refractivity contribution in [1.29, 1.82) is 0 Å². The lowest BCUT2D eigenvalue weighted by Gasteiger charge is -2.48. The average molecular weight is 567 g/mol. The van der Waals surface area contributed by atoms with Crippen LogP contribution in [0.15, 0.2) is 0 Å². The van der Waals surface area contributed by atoms with E-state index in [0.29, 0.717) is 0 Å². The number of quaternary nitrogens is 3. The summed E-state index contributed by atoms with van der Waals surface area (Å²) < 4.78 is 59.1. The summed E-state index contributed by atoms with van der Waals surface area (Å²) in [7, 11) is -23.5. The first kappa shape index (κ1) is 39.4. The third-order valence-corrected chi connectivity index (χ3v) is 5.05. The number of aliphatic hydroxyl groups is 2. The van der Waals surface area contributed by atoms with Crippen LogP contribution in [0.25, 0.3) is 0 Å². The van der Waals surface area contributed by atoms with Crippen molar-refractivity contribution in [2.24, 2.45) is 0 Å². The summed E-state index contributed by atoms with van der Waals surface area (Å²) >= 11 is 0. The van der Waals surface area contributed by atoms with Gasteiger partial charge in [-0.1, -0.05) is 0 Å². The highest BCUT2D eigenvalue weighted by molar-refractivity contribution is 7.45. The van der Waals surface area contributed by atoms with Gasteiger partial charge in [-0.2, -0.15) is 0 Å². The molecule has 1 fully saturated rings. The van der Waals surface area contributed by atoms with Gasteiger partial charge in [0.05, 0.1) is 0 Å². The van der Waals surface area contributed by atoms with Gasteiger partial charge in [0.2, 0.25) is 4.57 Å². The Labute approximate surface area is 179 Å². The number of rotatable bonds is 8. The maximum Gasteiger partial charge on any atom is 0.608 e. The molecule has 22 nitrogen and oxygen atoms in total. The summed E-state index contributed by atoms with van der Waals surface area (Å²) in [4.78, 5) is 78.4. The van der Waals surface area contributed by atoms with Crippen molar-refractivity contribution in [1.82, 2.24) is 24.6 Å². The Morgan fingerprint density at radius 2 is 0.781 bits per heavy atom. The summed E-state index contributed by atoms with van der Waals surface area (Å²) in [6.07, 6.45) is -16.7. The van der Waals surface area contributed by atoms with Gasteiger partial charge in [0, 0.05) is 0 Å². The molecule has 8 unspecified atom stereocenters. The zero-order valence-electron chi connectivity index (χ0n) is 16.5. The van der Waals surface area contributed by atoms with Crippen LogP contribution in [0.1, 0.15) is 0 Å². The molecule has 1 aliphatic carbocycles. The lowest BCUT2D eigenvalue weighted by Crippen LogP contribution is -2.66. The van der Waals surface area contributed by atoms with Crippen LogP contribution in [0, 0.1) is 0 Å². The molecule has 21 N–H and O–H groups in total. The second kappa shape index (κ2) is 13.3. The molecule has 0 bridgehead atoms. The minimum atomic E-state index is -5.89. The van der Waals surface area contributed by atoms with E-state index in [-0.39, 0.29) is 24.6 Å². The van der Waals surface area contributed by atoms with Gasteiger partial charge in [-0.25, -0.2) is 0 Å². The third kappa shape index (κ3) is 13.2. The van der Waals surface area contributed by atoms with E-state index in [0.717, 1.165) is 0 Å². The van der Waals surface area contributed by atoms with Crippen molar-refractivity contribution in [2.75, 3.05) is 0 Å². The predicted molar refractivity (Wildman–Crippen MR) is 93.8 cm³/mol. The molecule has 1 radical (unpaired) electrons. The van der Waals surface area contributed by atoms with Gasteiger partial charge in [-0.15, -0.1) is 0 Å². The summed E-state index contributed by atoms with van der Waals surface area (Å²) in [6.45, 7) is 0. The van der Waals surface area contributed by atoms with Crippen LogP contribution >= 0.6 is 31.3 Å². The third-order valence-electron chi connectivity index (χ3n) is 3.01. The van der Waals surface area contributed by atoms with Gasteiger partial charge in [0.25, 0.3) is 23.5 Å². The smallest absolute Gasteiger partial charge is 0.608 e. The van der Waals surface area contributed by atoms with E-state index in [1.807, 2.05) is 0 Å². The molecule has 8 atom stereocenters. The predicted octanol–water partition coefficient (Wildman–Crippen LogP) is -4.60. The van der Waals surface area contributed by atoms with E-state index < -0.39 is 67.9 Å². The Morgan fingerprint density at radius 3 is 0.938 bits per heavy atom. The lowest BCUT2D eigenvalue weighted by atomic mass is 9.85. The van der Waals surface area contributed by atoms with Crippen LogP contribution in [0.5, 0.6) is 0 Å². The van der Waals surface area contributed by atoms with Gasteiger partial charge in [0.1, 0.15) is 36.6 Å². The summed E-state index contributed by atoms with van der Waals surface area (Å²) in [6, 6.07) is 0. The lowest BCUT2D eigenvalue weighted by molar-refractivity contribution is -0.285. The minimum Gasteiger partial charge on any atom is -0.756 e. The molecular formula is C6H27N4O18P4. The maximum absolute atomic E-state index is 10.9. The maximum atomic E-state index is 10.9. The average Bonchev–Trinajstić information content (AvgIpc) is 2.39. The Kier molecular flexibility index (Phi) is 16.4. The highest BCUT2D eigenvalue weighted by Crippen LogP contribution is 2.48. The van der Waals surface area contributed by atoms with Gasteiger partial charge in [0.15, 0.2) is 0 Å². The molecule has 1 aliphatic rings. The SMILES string of the molecule is N.O=P([O-])(O)OC1C(O)C(OP(=O)([O-])O)C(OP(=[O+])([O-])O)C(O)C1OP(=O)([O-])O.[NH4+].[NH4+].[NH4+]. The van der Waals surface area contributed by atoms with Crippen LogP contribution < -0.4 is 44.2 Å². The molecule has 0 aromatic carbocycles. The summed E-state index contributed by atoms with van der Waals surface area (Å²) in [5.41, 5.74) is 0. The molecule has 0 aliphatic heterocycles. The van der Waals surface area contributed by atoms with E-state index in [4.69, 9.17) is 19.6 Å². The molecule has 0 saturated heterocycles. The number of hydrogen-bond donors (Lipinski definition) is 10. The number of aliphatic hydroxyl groups excluding tert-OH is 2. The minimum absolute atomic E-state index is 0. The van der Waals surface area contributed by atoms with Crippen molar-refractivity contribution in [3.05, 3.63) is 0 Å². The molecule has 0 aromatic heterocycles. The van der Waals surface area contributed by atoms with Gasteiger partial charge >= 0.3 is 7.82 Å². The molecular weight excluding hydrogens is 540 g/mol. The zero-order chi connectivity index (χ0) is 22.3. The van der Waals surface area contributed by atoms with E-state index in [1.54, 1.807) is 0 Å². The van der Waals surface area contributed by atoms with Crippen LogP contribution in [-0.4, -0.2) is 66.4 Å².